The van der Waals surface area contributed by atoms with Gasteiger partial charge in [0.05, 0.1) is 6.61 Å². The minimum Gasteiger partial charge on any atom is -0.494 e. The van der Waals surface area contributed by atoms with Crippen LogP contribution < -0.4 is 10.1 Å². The predicted octanol–water partition coefficient (Wildman–Crippen LogP) is 4.26. The lowest BCUT2D eigenvalue weighted by molar-refractivity contribution is 0.102. The van der Waals surface area contributed by atoms with Gasteiger partial charge in [0.25, 0.3) is 5.91 Å². The maximum Gasteiger partial charge on any atom is 0.255 e. The summed E-state index contributed by atoms with van der Waals surface area (Å²) in [5.74, 6) is 0.714. The van der Waals surface area contributed by atoms with E-state index in [0.29, 0.717) is 12.2 Å². The van der Waals surface area contributed by atoms with Gasteiger partial charge in [-0.1, -0.05) is 6.07 Å². The van der Waals surface area contributed by atoms with E-state index in [2.05, 4.69) is 11.4 Å². The van der Waals surface area contributed by atoms with E-state index in [1.807, 2.05) is 52.0 Å². The van der Waals surface area contributed by atoms with Crippen molar-refractivity contribution in [2.45, 2.75) is 27.7 Å². The van der Waals surface area contributed by atoms with E-state index in [4.69, 9.17) is 4.74 Å². The van der Waals surface area contributed by atoms with Gasteiger partial charge in [-0.05, 0) is 74.7 Å². The highest BCUT2D eigenvalue weighted by Crippen LogP contribution is 2.20. The summed E-state index contributed by atoms with van der Waals surface area (Å²) in [5, 5.41) is 2.94. The number of rotatable bonds is 4. The molecule has 21 heavy (non-hydrogen) atoms. The van der Waals surface area contributed by atoms with E-state index < -0.39 is 0 Å². The Morgan fingerprint density at radius 2 is 1.71 bits per heavy atom. The molecule has 0 heterocycles. The molecule has 2 rings (SSSR count). The highest BCUT2D eigenvalue weighted by Gasteiger charge is 2.09. The molecule has 3 heteroatoms. The first-order chi connectivity index (χ1) is 9.99. The Bertz CT molecular complexity index is 642. The average Bonchev–Trinajstić information content (AvgIpc) is 2.40. The van der Waals surface area contributed by atoms with Crippen LogP contribution in [0.1, 0.15) is 34.0 Å². The van der Waals surface area contributed by atoms with Crippen molar-refractivity contribution in [3.8, 4) is 5.75 Å². The molecule has 3 nitrogen and oxygen atoms in total. The van der Waals surface area contributed by atoms with Crippen LogP contribution in [0, 0.1) is 20.8 Å². The highest BCUT2D eigenvalue weighted by molar-refractivity contribution is 6.04. The second-order valence-corrected chi connectivity index (χ2v) is 5.24. The van der Waals surface area contributed by atoms with E-state index in [-0.39, 0.29) is 5.91 Å². The van der Waals surface area contributed by atoms with Crippen LogP contribution in [0.4, 0.5) is 5.69 Å². The van der Waals surface area contributed by atoms with Gasteiger partial charge in [0.2, 0.25) is 0 Å². The van der Waals surface area contributed by atoms with Crippen molar-refractivity contribution >= 4 is 11.6 Å². The van der Waals surface area contributed by atoms with Crippen LogP contribution in [0.5, 0.6) is 5.75 Å². The molecular formula is C18H21NO2. The normalized spacial score (nSPS) is 10.3. The Morgan fingerprint density at radius 3 is 2.29 bits per heavy atom. The molecule has 0 saturated heterocycles. The second-order valence-electron chi connectivity index (χ2n) is 5.24. The lowest BCUT2D eigenvalue weighted by Crippen LogP contribution is -2.12. The SMILES string of the molecule is CCOc1ccc(C(=O)Nc2cc(C)cc(C)c2)cc1C. The number of aryl methyl sites for hydroxylation is 3. The molecule has 0 bridgehead atoms. The summed E-state index contributed by atoms with van der Waals surface area (Å²) >= 11 is 0. The second kappa shape index (κ2) is 6.44. The van der Waals surface area contributed by atoms with Crippen LogP contribution in [0.25, 0.3) is 0 Å². The molecule has 0 aromatic heterocycles. The maximum absolute atomic E-state index is 12.3. The monoisotopic (exact) mass is 283 g/mol. The van der Waals surface area contributed by atoms with Gasteiger partial charge in [-0.15, -0.1) is 0 Å². The van der Waals surface area contributed by atoms with Crippen LogP contribution in [-0.4, -0.2) is 12.5 Å². The summed E-state index contributed by atoms with van der Waals surface area (Å²) < 4.78 is 5.49. The van der Waals surface area contributed by atoms with Crippen molar-refractivity contribution < 1.29 is 9.53 Å². The lowest BCUT2D eigenvalue weighted by Gasteiger charge is -2.10. The summed E-state index contributed by atoms with van der Waals surface area (Å²) in [6.45, 7) is 8.54. The van der Waals surface area contributed by atoms with Crippen molar-refractivity contribution in [2.75, 3.05) is 11.9 Å². The first kappa shape index (κ1) is 15.1. The molecule has 0 radical (unpaired) electrons. The Balaban J connectivity index is 2.18. The largest absolute Gasteiger partial charge is 0.494 e. The number of nitrogens with one attached hydrogen (secondary N) is 1. The van der Waals surface area contributed by atoms with Gasteiger partial charge in [-0.2, -0.15) is 0 Å². The fourth-order valence-electron chi connectivity index (χ4n) is 2.36. The fraction of sp³-hybridized carbons (Fsp3) is 0.278. The molecule has 110 valence electrons. The van der Waals surface area contributed by atoms with E-state index in [1.54, 1.807) is 6.07 Å². The molecule has 0 saturated carbocycles. The van der Waals surface area contributed by atoms with Crippen LogP contribution in [0.15, 0.2) is 36.4 Å². The van der Waals surface area contributed by atoms with Crippen molar-refractivity contribution in [1.29, 1.82) is 0 Å². The van der Waals surface area contributed by atoms with Gasteiger partial charge in [0, 0.05) is 11.3 Å². The fourth-order valence-corrected chi connectivity index (χ4v) is 2.36. The first-order valence-corrected chi connectivity index (χ1v) is 7.12. The molecule has 0 aliphatic heterocycles. The lowest BCUT2D eigenvalue weighted by atomic mass is 10.1. The number of ether oxygens (including phenoxy) is 1. The van der Waals surface area contributed by atoms with E-state index in [9.17, 15) is 4.79 Å². The van der Waals surface area contributed by atoms with Gasteiger partial charge in [0.15, 0.2) is 0 Å². The molecule has 2 aromatic carbocycles. The zero-order valence-electron chi connectivity index (χ0n) is 13.0. The van der Waals surface area contributed by atoms with Gasteiger partial charge < -0.3 is 10.1 Å². The maximum atomic E-state index is 12.3. The molecule has 0 fully saturated rings. The van der Waals surface area contributed by atoms with Crippen molar-refractivity contribution in [3.05, 3.63) is 58.7 Å². The predicted molar refractivity (Wildman–Crippen MR) is 86.2 cm³/mol. The zero-order valence-corrected chi connectivity index (χ0v) is 13.0. The number of carbonyl (C=O) groups excluding carboxylic acids is 1. The molecule has 0 spiro atoms. The molecule has 0 atom stereocenters. The molecule has 0 aliphatic rings. The molecule has 1 N–H and O–H groups in total. The summed E-state index contributed by atoms with van der Waals surface area (Å²) in [6.07, 6.45) is 0. The third kappa shape index (κ3) is 3.85. The third-order valence-corrected chi connectivity index (χ3v) is 3.22. The standard InChI is InChI=1S/C18H21NO2/c1-5-21-17-7-6-15(11-14(17)4)18(20)19-16-9-12(2)8-13(3)10-16/h6-11H,5H2,1-4H3,(H,19,20). The number of hydrogen-bond donors (Lipinski definition) is 1. The van der Waals surface area contributed by atoms with Crippen LogP contribution in [-0.2, 0) is 0 Å². The zero-order chi connectivity index (χ0) is 15.4. The van der Waals surface area contributed by atoms with Gasteiger partial charge in [-0.3, -0.25) is 4.79 Å². The van der Waals surface area contributed by atoms with Crippen LogP contribution >= 0.6 is 0 Å². The van der Waals surface area contributed by atoms with Crippen LogP contribution in [0.2, 0.25) is 0 Å². The van der Waals surface area contributed by atoms with E-state index in [1.165, 1.54) is 0 Å². The first-order valence-electron chi connectivity index (χ1n) is 7.12. The van der Waals surface area contributed by atoms with Crippen molar-refractivity contribution in [3.63, 3.8) is 0 Å². The molecule has 0 unspecified atom stereocenters. The number of hydrogen-bond acceptors (Lipinski definition) is 2. The van der Waals surface area contributed by atoms with Gasteiger partial charge >= 0.3 is 0 Å². The topological polar surface area (TPSA) is 38.3 Å². The number of amides is 1. The Labute approximate surface area is 126 Å². The van der Waals surface area contributed by atoms with E-state index >= 15 is 0 Å². The van der Waals surface area contributed by atoms with Gasteiger partial charge in [0.1, 0.15) is 5.75 Å². The Kier molecular flexibility index (Phi) is 4.63. The summed E-state index contributed by atoms with van der Waals surface area (Å²) in [6, 6.07) is 11.5. The van der Waals surface area contributed by atoms with Crippen LogP contribution in [0.3, 0.4) is 0 Å². The van der Waals surface area contributed by atoms with Gasteiger partial charge in [-0.25, -0.2) is 0 Å². The summed E-state index contributed by atoms with van der Waals surface area (Å²) in [5.41, 5.74) is 4.69. The summed E-state index contributed by atoms with van der Waals surface area (Å²) in [7, 11) is 0. The molecular weight excluding hydrogens is 262 g/mol. The smallest absolute Gasteiger partial charge is 0.255 e. The Morgan fingerprint density at radius 1 is 1.05 bits per heavy atom. The number of anilines is 1. The quantitative estimate of drug-likeness (QED) is 0.910. The molecule has 0 aliphatic carbocycles. The highest BCUT2D eigenvalue weighted by atomic mass is 16.5. The minimum atomic E-state index is -0.105. The minimum absolute atomic E-state index is 0.105. The summed E-state index contributed by atoms with van der Waals surface area (Å²) in [4.78, 5) is 12.3. The van der Waals surface area contributed by atoms with Crippen molar-refractivity contribution in [1.82, 2.24) is 0 Å². The van der Waals surface area contributed by atoms with Crippen molar-refractivity contribution in [2.24, 2.45) is 0 Å². The molecule has 1 amide bonds. The van der Waals surface area contributed by atoms with E-state index in [0.717, 1.165) is 28.1 Å². The Hall–Kier alpha value is -2.29. The molecule has 2 aromatic rings. The number of carbonyl (C=O) groups is 1. The number of benzene rings is 2. The third-order valence-electron chi connectivity index (χ3n) is 3.22. The average molecular weight is 283 g/mol.